The summed E-state index contributed by atoms with van der Waals surface area (Å²) in [4.78, 5) is 22.7. The highest BCUT2D eigenvalue weighted by molar-refractivity contribution is 7.87. The Hall–Kier alpha value is -1.17. The molecule has 0 saturated carbocycles. The van der Waals surface area contributed by atoms with Crippen LogP contribution < -0.4 is 20.9 Å². The molecule has 17 heavy (non-hydrogen) atoms. The molecule has 1 rings (SSSR count). The van der Waals surface area contributed by atoms with E-state index in [4.69, 9.17) is 0 Å². The fourth-order valence-electron chi connectivity index (χ4n) is 1.16. The van der Waals surface area contributed by atoms with Crippen molar-refractivity contribution >= 4 is 22.4 Å². The van der Waals surface area contributed by atoms with Gasteiger partial charge in [-0.2, -0.15) is 0 Å². The molecular weight excluding hydrogens is 240 g/mol. The maximum atomic E-state index is 11.8. The highest BCUT2D eigenvalue weighted by atomic mass is 32.2. The molecule has 0 fully saturated rings. The minimum atomic E-state index is -1.41. The fourth-order valence-corrected chi connectivity index (χ4v) is 1.85. The van der Waals surface area contributed by atoms with Crippen LogP contribution in [0, 0.1) is 0 Å². The fraction of sp³-hybridized carbons (Fsp3) is 0.636. The SMILES string of the molecule is CC(C)Nc1c(NS(=O)C(C)(C)C)c(=O)c1=O. The van der Waals surface area contributed by atoms with Crippen LogP contribution in [-0.2, 0) is 11.0 Å². The number of rotatable bonds is 4. The predicted molar refractivity (Wildman–Crippen MR) is 71.6 cm³/mol. The van der Waals surface area contributed by atoms with Gasteiger partial charge in [0.05, 0.1) is 4.75 Å². The summed E-state index contributed by atoms with van der Waals surface area (Å²) in [5.74, 6) is 0. The first-order valence-corrected chi connectivity index (χ1v) is 6.58. The van der Waals surface area contributed by atoms with Crippen LogP contribution in [-0.4, -0.2) is 15.0 Å². The van der Waals surface area contributed by atoms with E-state index in [9.17, 15) is 13.8 Å². The lowest BCUT2D eigenvalue weighted by Crippen LogP contribution is -2.41. The summed E-state index contributed by atoms with van der Waals surface area (Å²) in [7, 11) is -1.41. The quantitative estimate of drug-likeness (QED) is 0.789. The van der Waals surface area contributed by atoms with Crippen molar-refractivity contribution in [1.29, 1.82) is 0 Å². The molecule has 1 aromatic rings. The normalized spacial score (nSPS) is 14.0. The number of hydrogen-bond donors (Lipinski definition) is 2. The van der Waals surface area contributed by atoms with Gasteiger partial charge >= 0.3 is 0 Å². The summed E-state index contributed by atoms with van der Waals surface area (Å²) in [6.45, 7) is 9.09. The molecule has 0 bridgehead atoms. The lowest BCUT2D eigenvalue weighted by Gasteiger charge is -2.21. The second-order valence-corrected chi connectivity index (χ2v) is 7.16. The van der Waals surface area contributed by atoms with Crippen molar-refractivity contribution in [3.63, 3.8) is 0 Å². The van der Waals surface area contributed by atoms with Crippen LogP contribution >= 0.6 is 0 Å². The first-order chi connectivity index (χ1) is 7.64. The summed E-state index contributed by atoms with van der Waals surface area (Å²) in [6, 6.07) is 0.0434. The first kappa shape index (κ1) is 13.9. The van der Waals surface area contributed by atoms with Gasteiger partial charge in [-0.1, -0.05) is 0 Å². The molecule has 0 aliphatic rings. The number of nitrogens with one attached hydrogen (secondary N) is 2. The highest BCUT2D eigenvalue weighted by Crippen LogP contribution is 2.20. The number of anilines is 2. The van der Waals surface area contributed by atoms with E-state index in [-0.39, 0.29) is 17.4 Å². The Labute approximate surface area is 103 Å². The van der Waals surface area contributed by atoms with Crippen LogP contribution in [0.3, 0.4) is 0 Å². The molecule has 2 N–H and O–H groups in total. The second kappa shape index (κ2) is 4.60. The topological polar surface area (TPSA) is 75.3 Å². The lowest BCUT2D eigenvalue weighted by atomic mass is 10.2. The molecule has 0 spiro atoms. The maximum Gasteiger partial charge on any atom is 0.254 e. The zero-order chi connectivity index (χ0) is 13.4. The molecule has 0 aliphatic carbocycles. The molecule has 1 atom stereocenters. The maximum absolute atomic E-state index is 11.8. The Morgan fingerprint density at radius 2 is 1.53 bits per heavy atom. The van der Waals surface area contributed by atoms with Gasteiger partial charge < -0.3 is 5.32 Å². The van der Waals surface area contributed by atoms with Gasteiger partial charge in [0, 0.05) is 6.04 Å². The monoisotopic (exact) mass is 258 g/mol. The molecule has 0 saturated heterocycles. The third kappa shape index (κ3) is 2.94. The lowest BCUT2D eigenvalue weighted by molar-refractivity contribution is 0.653. The third-order valence-electron chi connectivity index (χ3n) is 2.09. The zero-order valence-corrected chi connectivity index (χ0v) is 11.5. The van der Waals surface area contributed by atoms with Crippen molar-refractivity contribution in [1.82, 2.24) is 0 Å². The standard InChI is InChI=1S/C11H18N2O3S/c1-6(2)12-7-8(10(15)9(7)14)13-17(16)11(3,4)5/h6,12-13H,1-5H3. The minimum Gasteiger partial charge on any atom is -0.378 e. The highest BCUT2D eigenvalue weighted by Gasteiger charge is 2.27. The summed E-state index contributed by atoms with van der Waals surface area (Å²) in [6.07, 6.45) is 0. The molecule has 0 aliphatic heterocycles. The molecule has 0 aromatic heterocycles. The Morgan fingerprint density at radius 1 is 1.06 bits per heavy atom. The van der Waals surface area contributed by atoms with E-state index in [2.05, 4.69) is 10.0 Å². The Morgan fingerprint density at radius 3 is 1.94 bits per heavy atom. The predicted octanol–water partition coefficient (Wildman–Crippen LogP) is 0.977. The average molecular weight is 258 g/mol. The van der Waals surface area contributed by atoms with Gasteiger partial charge in [0.2, 0.25) is 0 Å². The summed E-state index contributed by atoms with van der Waals surface area (Å²) >= 11 is 0. The van der Waals surface area contributed by atoms with E-state index in [1.165, 1.54) is 0 Å². The molecular formula is C11H18N2O3S. The van der Waals surface area contributed by atoms with Gasteiger partial charge in [0.1, 0.15) is 22.4 Å². The molecule has 0 heterocycles. The van der Waals surface area contributed by atoms with Crippen molar-refractivity contribution in [3.05, 3.63) is 20.4 Å². The minimum absolute atomic E-state index is 0.0434. The van der Waals surface area contributed by atoms with Crippen LogP contribution in [0.1, 0.15) is 34.6 Å². The zero-order valence-electron chi connectivity index (χ0n) is 10.7. The van der Waals surface area contributed by atoms with E-state index < -0.39 is 26.6 Å². The van der Waals surface area contributed by atoms with E-state index in [1.807, 2.05) is 13.8 Å². The Kier molecular flexibility index (Phi) is 3.76. The van der Waals surface area contributed by atoms with Crippen LogP contribution in [0.15, 0.2) is 9.59 Å². The molecule has 1 aromatic carbocycles. The van der Waals surface area contributed by atoms with Crippen LogP contribution in [0.2, 0.25) is 0 Å². The Balaban J connectivity index is 2.94. The summed E-state index contributed by atoms with van der Waals surface area (Å²) in [5, 5.41) is 2.88. The molecule has 0 amide bonds. The van der Waals surface area contributed by atoms with Gasteiger partial charge in [0.25, 0.3) is 10.9 Å². The molecule has 5 nitrogen and oxygen atoms in total. The summed E-state index contributed by atoms with van der Waals surface area (Å²) in [5.41, 5.74) is -0.780. The molecule has 6 heteroatoms. The number of hydrogen-bond acceptors (Lipinski definition) is 4. The molecule has 96 valence electrons. The van der Waals surface area contributed by atoms with Crippen molar-refractivity contribution in [2.75, 3.05) is 10.0 Å². The van der Waals surface area contributed by atoms with Crippen LogP contribution in [0.25, 0.3) is 0 Å². The van der Waals surface area contributed by atoms with E-state index >= 15 is 0 Å². The summed E-state index contributed by atoms with van der Waals surface area (Å²) < 4.78 is 13.9. The van der Waals surface area contributed by atoms with Crippen molar-refractivity contribution in [2.45, 2.75) is 45.4 Å². The van der Waals surface area contributed by atoms with Crippen LogP contribution in [0.4, 0.5) is 11.4 Å². The van der Waals surface area contributed by atoms with Crippen molar-refractivity contribution in [2.24, 2.45) is 0 Å². The first-order valence-electron chi connectivity index (χ1n) is 5.43. The second-order valence-electron chi connectivity index (χ2n) is 5.19. The smallest absolute Gasteiger partial charge is 0.254 e. The van der Waals surface area contributed by atoms with Gasteiger partial charge in [-0.15, -0.1) is 0 Å². The van der Waals surface area contributed by atoms with Gasteiger partial charge in [-0.25, -0.2) is 4.21 Å². The largest absolute Gasteiger partial charge is 0.378 e. The van der Waals surface area contributed by atoms with Gasteiger partial charge in [0.15, 0.2) is 0 Å². The molecule has 0 radical (unpaired) electrons. The van der Waals surface area contributed by atoms with Crippen molar-refractivity contribution in [3.8, 4) is 0 Å². The van der Waals surface area contributed by atoms with E-state index in [0.29, 0.717) is 0 Å². The van der Waals surface area contributed by atoms with Crippen LogP contribution in [0.5, 0.6) is 0 Å². The van der Waals surface area contributed by atoms with Gasteiger partial charge in [-0.05, 0) is 34.6 Å². The van der Waals surface area contributed by atoms with E-state index in [1.54, 1.807) is 20.8 Å². The van der Waals surface area contributed by atoms with E-state index in [0.717, 1.165) is 0 Å². The van der Waals surface area contributed by atoms with Crippen molar-refractivity contribution < 1.29 is 4.21 Å². The molecule has 1 unspecified atom stereocenters. The Bertz CT molecular complexity index is 507. The average Bonchev–Trinajstić information content (AvgIpc) is 2.20. The van der Waals surface area contributed by atoms with Gasteiger partial charge in [-0.3, -0.25) is 14.3 Å². The third-order valence-corrected chi connectivity index (χ3v) is 3.60.